The summed E-state index contributed by atoms with van der Waals surface area (Å²) in [6, 6.07) is 4.43. The number of nitriles is 1. The van der Waals surface area contributed by atoms with Crippen LogP contribution >= 0.6 is 11.6 Å². The highest BCUT2D eigenvalue weighted by atomic mass is 35.5. The fraction of sp³-hybridized carbons (Fsp3) is 0.111. The molecule has 4 heteroatoms. The van der Waals surface area contributed by atoms with Crippen LogP contribution in [-0.2, 0) is 11.2 Å². The van der Waals surface area contributed by atoms with E-state index in [-0.39, 0.29) is 17.0 Å². The van der Waals surface area contributed by atoms with Gasteiger partial charge in [0.1, 0.15) is 12.4 Å². The van der Waals surface area contributed by atoms with E-state index < -0.39 is 5.82 Å². The zero-order valence-corrected chi connectivity index (χ0v) is 7.31. The maximum atomic E-state index is 13.1. The first-order chi connectivity index (χ1) is 6.20. The molecule has 0 spiro atoms. The Bertz CT molecular complexity index is 384. The average molecular weight is 198 g/mol. The first-order valence-electron chi connectivity index (χ1n) is 3.51. The van der Waals surface area contributed by atoms with Crippen LogP contribution in [0.3, 0.4) is 0 Å². The number of nitrogens with zero attached hydrogens (tertiary/aromatic N) is 1. The van der Waals surface area contributed by atoms with Crippen molar-refractivity contribution in [2.45, 2.75) is 6.42 Å². The highest BCUT2D eigenvalue weighted by molar-refractivity contribution is 6.31. The molecule has 0 atom stereocenters. The number of hydrogen-bond donors (Lipinski definition) is 0. The summed E-state index contributed by atoms with van der Waals surface area (Å²) in [5, 5.41) is 8.30. The van der Waals surface area contributed by atoms with Crippen LogP contribution in [0, 0.1) is 17.1 Å². The molecule has 0 saturated heterocycles. The minimum atomic E-state index is -0.761. The van der Waals surface area contributed by atoms with Gasteiger partial charge in [-0.3, -0.25) is 0 Å². The Balaban J connectivity index is 3.24. The summed E-state index contributed by atoms with van der Waals surface area (Å²) in [7, 11) is 0. The summed E-state index contributed by atoms with van der Waals surface area (Å²) in [6.45, 7) is 0. The Kier molecular flexibility index (Phi) is 2.99. The Labute approximate surface area is 79.5 Å². The molecule has 0 N–H and O–H groups in total. The van der Waals surface area contributed by atoms with Crippen LogP contribution in [0.2, 0.25) is 5.02 Å². The molecule has 0 aromatic heterocycles. The van der Waals surface area contributed by atoms with Crippen LogP contribution < -0.4 is 0 Å². The van der Waals surface area contributed by atoms with E-state index >= 15 is 0 Å². The second-order valence-electron chi connectivity index (χ2n) is 2.38. The highest BCUT2D eigenvalue weighted by Crippen LogP contribution is 2.22. The van der Waals surface area contributed by atoms with Crippen molar-refractivity contribution in [3.05, 3.63) is 34.1 Å². The molecule has 2 nitrogen and oxygen atoms in total. The standard InChI is InChI=1S/C9H5ClFNO/c10-8-6(3-4-13)1-2-7(5-12)9(8)11/h1-2,4H,3H2. The van der Waals surface area contributed by atoms with Gasteiger partial charge >= 0.3 is 0 Å². The van der Waals surface area contributed by atoms with Crippen molar-refractivity contribution in [1.29, 1.82) is 5.26 Å². The summed E-state index contributed by atoms with van der Waals surface area (Å²) < 4.78 is 13.1. The van der Waals surface area contributed by atoms with Gasteiger partial charge in [-0.1, -0.05) is 17.7 Å². The van der Waals surface area contributed by atoms with Gasteiger partial charge in [0.2, 0.25) is 0 Å². The van der Waals surface area contributed by atoms with Gasteiger partial charge in [0.05, 0.1) is 10.6 Å². The minimum Gasteiger partial charge on any atom is -0.303 e. The second-order valence-corrected chi connectivity index (χ2v) is 2.76. The van der Waals surface area contributed by atoms with Crippen LogP contribution in [0.1, 0.15) is 11.1 Å². The number of carbonyl (C=O) groups is 1. The highest BCUT2D eigenvalue weighted by Gasteiger charge is 2.10. The van der Waals surface area contributed by atoms with Crippen molar-refractivity contribution in [2.24, 2.45) is 0 Å². The van der Waals surface area contributed by atoms with E-state index in [4.69, 9.17) is 16.9 Å². The third kappa shape index (κ3) is 1.85. The summed E-state index contributed by atoms with van der Waals surface area (Å²) in [4.78, 5) is 10.1. The van der Waals surface area contributed by atoms with E-state index in [2.05, 4.69) is 0 Å². The molecule has 0 aliphatic rings. The van der Waals surface area contributed by atoms with Gasteiger partial charge in [-0.05, 0) is 11.6 Å². The first kappa shape index (κ1) is 9.69. The quantitative estimate of drug-likeness (QED) is 0.682. The monoisotopic (exact) mass is 197 g/mol. The predicted molar refractivity (Wildman–Crippen MR) is 45.9 cm³/mol. The van der Waals surface area contributed by atoms with E-state index in [9.17, 15) is 9.18 Å². The van der Waals surface area contributed by atoms with Gasteiger partial charge in [0, 0.05) is 6.42 Å². The fourth-order valence-corrected chi connectivity index (χ4v) is 1.17. The van der Waals surface area contributed by atoms with Crippen molar-refractivity contribution in [2.75, 3.05) is 0 Å². The molecule has 1 aromatic carbocycles. The van der Waals surface area contributed by atoms with Crippen molar-refractivity contribution in [1.82, 2.24) is 0 Å². The van der Waals surface area contributed by atoms with Crippen molar-refractivity contribution < 1.29 is 9.18 Å². The van der Waals surface area contributed by atoms with Gasteiger partial charge in [-0.15, -0.1) is 0 Å². The zero-order valence-electron chi connectivity index (χ0n) is 6.55. The van der Waals surface area contributed by atoms with Gasteiger partial charge in [-0.25, -0.2) is 4.39 Å². The molecule has 0 fully saturated rings. The maximum Gasteiger partial charge on any atom is 0.159 e. The predicted octanol–water partition coefficient (Wildman–Crippen LogP) is 2.09. The molecule has 66 valence electrons. The van der Waals surface area contributed by atoms with Gasteiger partial charge in [0.25, 0.3) is 0 Å². The number of hydrogen-bond acceptors (Lipinski definition) is 2. The summed E-state index contributed by atoms with van der Waals surface area (Å²) in [5.41, 5.74) is 0.285. The summed E-state index contributed by atoms with van der Waals surface area (Å²) in [5.74, 6) is -0.761. The Morgan fingerprint density at radius 3 is 2.85 bits per heavy atom. The van der Waals surface area contributed by atoms with Crippen molar-refractivity contribution in [3.8, 4) is 6.07 Å². The first-order valence-corrected chi connectivity index (χ1v) is 3.89. The summed E-state index contributed by atoms with van der Waals surface area (Å²) in [6.07, 6.45) is 0.689. The van der Waals surface area contributed by atoms with Crippen LogP contribution in [0.4, 0.5) is 4.39 Å². The van der Waals surface area contributed by atoms with Crippen LogP contribution in [0.5, 0.6) is 0 Å². The van der Waals surface area contributed by atoms with E-state index in [0.717, 1.165) is 0 Å². The van der Waals surface area contributed by atoms with E-state index in [0.29, 0.717) is 11.8 Å². The smallest absolute Gasteiger partial charge is 0.159 e. The third-order valence-electron chi connectivity index (χ3n) is 1.59. The number of aldehydes is 1. The molecule has 0 heterocycles. The molecule has 1 aromatic rings. The lowest BCUT2D eigenvalue weighted by Crippen LogP contribution is -1.93. The lowest BCUT2D eigenvalue weighted by Gasteiger charge is -2.01. The molecule has 0 amide bonds. The lowest BCUT2D eigenvalue weighted by molar-refractivity contribution is -0.107. The molecule has 0 saturated carbocycles. The molecule has 0 aliphatic carbocycles. The van der Waals surface area contributed by atoms with Crippen LogP contribution in [0.15, 0.2) is 12.1 Å². The molecule has 1 rings (SSSR count). The molecular formula is C9H5ClFNO. The lowest BCUT2D eigenvalue weighted by atomic mass is 10.1. The normalized spacial score (nSPS) is 9.31. The van der Waals surface area contributed by atoms with Crippen LogP contribution in [-0.4, -0.2) is 6.29 Å². The average Bonchev–Trinajstić information content (AvgIpc) is 2.14. The molecule has 0 radical (unpaired) electrons. The van der Waals surface area contributed by atoms with Gasteiger partial charge < -0.3 is 4.79 Å². The molecule has 0 aliphatic heterocycles. The number of carbonyl (C=O) groups excluding carboxylic acids is 1. The largest absolute Gasteiger partial charge is 0.303 e. The molecule has 13 heavy (non-hydrogen) atoms. The summed E-state index contributed by atoms with van der Waals surface area (Å²) >= 11 is 5.57. The zero-order chi connectivity index (χ0) is 9.84. The fourth-order valence-electron chi connectivity index (χ4n) is 0.923. The SMILES string of the molecule is N#Cc1ccc(CC=O)c(Cl)c1F. The second kappa shape index (κ2) is 4.01. The number of benzene rings is 1. The van der Waals surface area contributed by atoms with Gasteiger partial charge in [-0.2, -0.15) is 5.26 Å². The Morgan fingerprint density at radius 1 is 1.62 bits per heavy atom. The number of rotatable bonds is 2. The molecule has 0 bridgehead atoms. The minimum absolute atomic E-state index is 0.0570. The molecule has 0 unspecified atom stereocenters. The van der Waals surface area contributed by atoms with Gasteiger partial charge in [0.15, 0.2) is 5.82 Å². The Hall–Kier alpha value is -1.40. The number of halogens is 2. The van der Waals surface area contributed by atoms with E-state index in [1.165, 1.54) is 12.1 Å². The maximum absolute atomic E-state index is 13.1. The topological polar surface area (TPSA) is 40.9 Å². The van der Waals surface area contributed by atoms with E-state index in [1.807, 2.05) is 0 Å². The van der Waals surface area contributed by atoms with E-state index in [1.54, 1.807) is 6.07 Å². The van der Waals surface area contributed by atoms with Crippen molar-refractivity contribution >= 4 is 17.9 Å². The Morgan fingerprint density at radius 2 is 2.31 bits per heavy atom. The third-order valence-corrected chi connectivity index (χ3v) is 1.99. The van der Waals surface area contributed by atoms with Crippen LogP contribution in [0.25, 0.3) is 0 Å². The molecular weight excluding hydrogens is 193 g/mol. The van der Waals surface area contributed by atoms with Crippen molar-refractivity contribution in [3.63, 3.8) is 0 Å².